The van der Waals surface area contributed by atoms with Crippen molar-refractivity contribution >= 4 is 16.8 Å². The van der Waals surface area contributed by atoms with Crippen molar-refractivity contribution in [2.75, 3.05) is 0 Å². The Hall–Kier alpha value is -1.02. The normalized spacial score (nSPS) is 13.6. The summed E-state index contributed by atoms with van der Waals surface area (Å²) < 4.78 is 6.12. The highest BCUT2D eigenvalue weighted by Crippen LogP contribution is 2.39. The third-order valence-corrected chi connectivity index (χ3v) is 5.84. The third kappa shape index (κ3) is 5.74. The zero-order valence-corrected chi connectivity index (χ0v) is 17.8. The molecule has 1 atom stereocenters. The minimum atomic E-state index is -0.571. The summed E-state index contributed by atoms with van der Waals surface area (Å²) >= 11 is 5.79. The first-order chi connectivity index (χ1) is 11.6. The Labute approximate surface area is 159 Å². The van der Waals surface area contributed by atoms with Gasteiger partial charge in [0.25, 0.3) is 5.24 Å². The Morgan fingerprint density at radius 1 is 1.08 bits per heavy atom. The van der Waals surface area contributed by atoms with Crippen LogP contribution in [0.2, 0.25) is 0 Å². The Morgan fingerprint density at radius 2 is 1.68 bits per heavy atom. The second-order valence-corrected chi connectivity index (χ2v) is 8.61. The lowest BCUT2D eigenvalue weighted by Crippen LogP contribution is -2.27. The molecule has 0 heterocycles. The molecule has 0 aliphatic rings. The van der Waals surface area contributed by atoms with Crippen LogP contribution in [0.5, 0.6) is 5.75 Å². The maximum absolute atomic E-state index is 11.8. The van der Waals surface area contributed by atoms with Crippen LogP contribution in [0.3, 0.4) is 0 Å². The van der Waals surface area contributed by atoms with Gasteiger partial charge < -0.3 is 4.74 Å². The van der Waals surface area contributed by atoms with E-state index in [1.807, 2.05) is 6.07 Å². The molecular formula is C22H35ClO2. The van der Waals surface area contributed by atoms with Crippen molar-refractivity contribution in [3.8, 4) is 5.75 Å². The van der Waals surface area contributed by atoms with Gasteiger partial charge in [-0.15, -0.1) is 0 Å². The molecule has 2 nitrogen and oxygen atoms in total. The summed E-state index contributed by atoms with van der Waals surface area (Å²) in [5.74, 6) is 0.789. The fraction of sp³-hybridized carbons (Fsp3) is 0.682. The summed E-state index contributed by atoms with van der Waals surface area (Å²) in [5.41, 5.74) is 2.55. The number of benzene rings is 1. The van der Waals surface area contributed by atoms with Crippen LogP contribution in [-0.4, -0.2) is 11.3 Å². The van der Waals surface area contributed by atoms with Crippen molar-refractivity contribution in [1.29, 1.82) is 0 Å². The number of unbranched alkanes of at least 4 members (excludes halogenated alkanes) is 1. The molecule has 0 bridgehead atoms. The number of ether oxygens (including phenoxy) is 1. The van der Waals surface area contributed by atoms with Gasteiger partial charge in [0.1, 0.15) is 5.75 Å². The monoisotopic (exact) mass is 366 g/mol. The van der Waals surface area contributed by atoms with Crippen molar-refractivity contribution in [3.63, 3.8) is 0 Å². The largest absolute Gasteiger partial charge is 0.481 e. The second kappa shape index (κ2) is 9.07. The molecule has 3 heteroatoms. The molecule has 0 aliphatic heterocycles. The number of hydrogen-bond acceptors (Lipinski definition) is 2. The molecule has 1 aromatic carbocycles. The molecule has 0 saturated carbocycles. The predicted molar refractivity (Wildman–Crippen MR) is 108 cm³/mol. The van der Waals surface area contributed by atoms with Crippen LogP contribution < -0.4 is 4.74 Å². The number of carbonyl (C=O) groups excluding carboxylic acids is 1. The fourth-order valence-electron chi connectivity index (χ4n) is 2.74. The van der Waals surface area contributed by atoms with E-state index in [1.165, 1.54) is 5.56 Å². The first-order valence-corrected chi connectivity index (χ1v) is 9.97. The minimum Gasteiger partial charge on any atom is -0.481 e. The van der Waals surface area contributed by atoms with E-state index in [9.17, 15) is 4.79 Å². The molecule has 0 aromatic heterocycles. The summed E-state index contributed by atoms with van der Waals surface area (Å²) in [7, 11) is 0. The summed E-state index contributed by atoms with van der Waals surface area (Å²) in [4.78, 5) is 11.8. The Bertz CT molecular complexity index is 575. The molecule has 1 aromatic rings. The van der Waals surface area contributed by atoms with Gasteiger partial charge in [0, 0.05) is 5.56 Å². The summed E-state index contributed by atoms with van der Waals surface area (Å²) in [5, 5.41) is -0.410. The van der Waals surface area contributed by atoms with Crippen molar-refractivity contribution in [2.45, 2.75) is 97.5 Å². The number of carbonyl (C=O) groups is 1. The molecule has 142 valence electrons. The van der Waals surface area contributed by atoms with Crippen molar-refractivity contribution in [2.24, 2.45) is 0 Å². The van der Waals surface area contributed by atoms with Gasteiger partial charge in [-0.1, -0.05) is 67.0 Å². The van der Waals surface area contributed by atoms with Crippen LogP contribution >= 0.6 is 11.6 Å². The van der Waals surface area contributed by atoms with E-state index >= 15 is 0 Å². The lowest BCUT2D eigenvalue weighted by Gasteiger charge is -2.31. The van der Waals surface area contributed by atoms with Crippen molar-refractivity contribution in [1.82, 2.24) is 0 Å². The molecular weight excluding hydrogens is 332 g/mol. The standard InChI is InChI=1S/C22H35ClO2/c1-8-11-12-19(20(23)24)25-18-14-13-16(21(4,5)9-2)15-17(18)22(6,7)10-3/h13-15,19H,8-12H2,1-7H3/t19-/m1/s1. The van der Waals surface area contributed by atoms with Crippen LogP contribution in [0.1, 0.15) is 91.7 Å². The molecule has 0 radical (unpaired) electrons. The van der Waals surface area contributed by atoms with Gasteiger partial charge in [0.2, 0.25) is 0 Å². The first-order valence-electron chi connectivity index (χ1n) is 9.60. The van der Waals surface area contributed by atoms with Gasteiger partial charge in [-0.3, -0.25) is 4.79 Å². The molecule has 0 unspecified atom stereocenters. The quantitative estimate of drug-likeness (QED) is 0.427. The average molecular weight is 367 g/mol. The maximum atomic E-state index is 11.8. The highest BCUT2D eigenvalue weighted by molar-refractivity contribution is 6.64. The van der Waals surface area contributed by atoms with Crippen LogP contribution in [0.25, 0.3) is 0 Å². The third-order valence-electron chi connectivity index (χ3n) is 5.60. The van der Waals surface area contributed by atoms with Gasteiger partial charge in [-0.25, -0.2) is 0 Å². The predicted octanol–water partition coefficient (Wildman–Crippen LogP) is 6.76. The summed E-state index contributed by atoms with van der Waals surface area (Å²) in [6.07, 6.45) is 4.09. The molecule has 0 N–H and O–H groups in total. The molecule has 0 amide bonds. The number of rotatable bonds is 10. The molecule has 0 aliphatic carbocycles. The van der Waals surface area contributed by atoms with E-state index in [4.69, 9.17) is 16.3 Å². The molecule has 0 spiro atoms. The molecule has 25 heavy (non-hydrogen) atoms. The van der Waals surface area contributed by atoms with Crippen molar-refractivity contribution < 1.29 is 9.53 Å². The molecule has 0 saturated heterocycles. The lowest BCUT2D eigenvalue weighted by molar-refractivity contribution is -0.118. The summed E-state index contributed by atoms with van der Waals surface area (Å²) in [6, 6.07) is 6.42. The van der Waals surface area contributed by atoms with E-state index in [2.05, 4.69) is 60.6 Å². The van der Waals surface area contributed by atoms with Crippen LogP contribution in [0.15, 0.2) is 18.2 Å². The van der Waals surface area contributed by atoms with Gasteiger partial charge in [0.15, 0.2) is 6.10 Å². The maximum Gasteiger partial charge on any atom is 0.262 e. The molecule has 1 rings (SSSR count). The van der Waals surface area contributed by atoms with Crippen molar-refractivity contribution in [3.05, 3.63) is 29.3 Å². The van der Waals surface area contributed by atoms with E-state index in [0.29, 0.717) is 6.42 Å². The van der Waals surface area contributed by atoms with Crippen LogP contribution in [0.4, 0.5) is 0 Å². The van der Waals surface area contributed by atoms with Gasteiger partial charge in [-0.05, 0) is 59.7 Å². The first kappa shape index (κ1) is 22.0. The topological polar surface area (TPSA) is 26.3 Å². The Kier molecular flexibility index (Phi) is 7.99. The number of halogens is 1. The highest BCUT2D eigenvalue weighted by Gasteiger charge is 2.28. The SMILES string of the molecule is CCCC[C@@H](Oc1ccc(C(C)(C)CC)cc1C(C)(C)CC)C(=O)Cl. The fourth-order valence-corrected chi connectivity index (χ4v) is 2.89. The van der Waals surface area contributed by atoms with E-state index in [0.717, 1.165) is 37.0 Å². The van der Waals surface area contributed by atoms with E-state index < -0.39 is 11.3 Å². The van der Waals surface area contributed by atoms with Gasteiger partial charge in [-0.2, -0.15) is 0 Å². The van der Waals surface area contributed by atoms with E-state index in [-0.39, 0.29) is 10.8 Å². The van der Waals surface area contributed by atoms with E-state index in [1.54, 1.807) is 0 Å². The Morgan fingerprint density at radius 3 is 2.16 bits per heavy atom. The zero-order chi connectivity index (χ0) is 19.3. The minimum absolute atomic E-state index is 0.0279. The smallest absolute Gasteiger partial charge is 0.262 e. The second-order valence-electron chi connectivity index (χ2n) is 8.24. The average Bonchev–Trinajstić information content (AvgIpc) is 2.58. The number of hydrogen-bond donors (Lipinski definition) is 0. The summed E-state index contributed by atoms with van der Waals surface area (Å²) in [6.45, 7) is 15.5. The van der Waals surface area contributed by atoms with Crippen LogP contribution in [0, 0.1) is 0 Å². The Balaban J connectivity index is 3.32. The zero-order valence-electron chi connectivity index (χ0n) is 17.0. The van der Waals surface area contributed by atoms with Gasteiger partial charge >= 0.3 is 0 Å². The van der Waals surface area contributed by atoms with Gasteiger partial charge in [0.05, 0.1) is 0 Å². The highest BCUT2D eigenvalue weighted by atomic mass is 35.5. The molecule has 0 fully saturated rings. The lowest BCUT2D eigenvalue weighted by atomic mass is 9.76. The van der Waals surface area contributed by atoms with Crippen LogP contribution in [-0.2, 0) is 15.6 Å².